The highest BCUT2D eigenvalue weighted by atomic mass is 127. The molecule has 1 aliphatic carbocycles. The van der Waals surface area contributed by atoms with Gasteiger partial charge in [0.1, 0.15) is 11.9 Å². The molecular formula is C13H18INO. The number of rotatable bonds is 5. The van der Waals surface area contributed by atoms with Crippen LogP contribution in [0.2, 0.25) is 0 Å². The maximum Gasteiger partial charge on any atom is 0.133 e. The predicted molar refractivity (Wildman–Crippen MR) is 74.9 cm³/mol. The molecule has 0 bridgehead atoms. The molecule has 88 valence electrons. The molecule has 0 unspecified atom stereocenters. The number of hydrogen-bond donors (Lipinski definition) is 1. The molecule has 1 saturated carbocycles. The summed E-state index contributed by atoms with van der Waals surface area (Å²) >= 11 is 2.32. The fourth-order valence-electron chi connectivity index (χ4n) is 1.90. The van der Waals surface area contributed by atoms with Crippen molar-refractivity contribution in [1.82, 2.24) is 5.32 Å². The van der Waals surface area contributed by atoms with Crippen LogP contribution >= 0.6 is 22.6 Å². The van der Waals surface area contributed by atoms with E-state index in [-0.39, 0.29) is 0 Å². The van der Waals surface area contributed by atoms with E-state index in [0.29, 0.717) is 12.1 Å². The lowest BCUT2D eigenvalue weighted by molar-refractivity contribution is 0.0844. The van der Waals surface area contributed by atoms with Gasteiger partial charge in [-0.15, -0.1) is 0 Å². The maximum absolute atomic E-state index is 5.94. The molecule has 1 N–H and O–H groups in total. The van der Waals surface area contributed by atoms with Crippen LogP contribution in [0.25, 0.3) is 0 Å². The first kappa shape index (κ1) is 12.2. The second-order valence-corrected chi connectivity index (χ2v) is 5.45. The fourth-order valence-corrected chi connectivity index (χ4v) is 2.41. The molecule has 3 heteroatoms. The van der Waals surface area contributed by atoms with Crippen molar-refractivity contribution in [2.45, 2.75) is 38.3 Å². The Bertz CT molecular complexity index is 336. The molecular weight excluding hydrogens is 313 g/mol. The van der Waals surface area contributed by atoms with Crippen molar-refractivity contribution in [3.8, 4) is 5.75 Å². The molecule has 16 heavy (non-hydrogen) atoms. The van der Waals surface area contributed by atoms with Crippen molar-refractivity contribution in [3.63, 3.8) is 0 Å². The van der Waals surface area contributed by atoms with Gasteiger partial charge in [0.15, 0.2) is 0 Å². The third-order valence-corrected chi connectivity index (χ3v) is 3.80. The summed E-state index contributed by atoms with van der Waals surface area (Å²) in [6.45, 7) is 3.33. The van der Waals surface area contributed by atoms with Gasteiger partial charge in [-0.2, -0.15) is 0 Å². The molecule has 0 saturated heterocycles. The van der Waals surface area contributed by atoms with Gasteiger partial charge in [-0.25, -0.2) is 0 Å². The van der Waals surface area contributed by atoms with Crippen molar-refractivity contribution in [2.24, 2.45) is 0 Å². The average Bonchev–Trinajstić information content (AvgIpc) is 2.24. The molecule has 2 rings (SSSR count). The van der Waals surface area contributed by atoms with E-state index < -0.39 is 0 Å². The van der Waals surface area contributed by atoms with Crippen molar-refractivity contribution < 1.29 is 4.74 Å². The van der Waals surface area contributed by atoms with Crippen LogP contribution in [0, 0.1) is 3.57 Å². The highest BCUT2D eigenvalue weighted by Crippen LogP contribution is 2.28. The molecule has 1 aromatic rings. The molecule has 0 amide bonds. The smallest absolute Gasteiger partial charge is 0.133 e. The van der Waals surface area contributed by atoms with Gasteiger partial charge in [0, 0.05) is 6.04 Å². The van der Waals surface area contributed by atoms with Crippen LogP contribution in [0.15, 0.2) is 24.3 Å². The van der Waals surface area contributed by atoms with E-state index in [1.807, 2.05) is 12.1 Å². The van der Waals surface area contributed by atoms with Crippen LogP contribution in [0.4, 0.5) is 0 Å². The van der Waals surface area contributed by atoms with Crippen molar-refractivity contribution >= 4 is 22.6 Å². The van der Waals surface area contributed by atoms with Gasteiger partial charge in [-0.05, 0) is 60.5 Å². The van der Waals surface area contributed by atoms with E-state index in [0.717, 1.165) is 25.1 Å². The van der Waals surface area contributed by atoms with Gasteiger partial charge >= 0.3 is 0 Å². The quantitative estimate of drug-likeness (QED) is 0.837. The monoisotopic (exact) mass is 331 g/mol. The molecule has 0 atom stereocenters. The molecule has 2 nitrogen and oxygen atoms in total. The van der Waals surface area contributed by atoms with E-state index in [1.165, 1.54) is 9.99 Å². The minimum atomic E-state index is 0.408. The molecule has 0 heterocycles. The zero-order chi connectivity index (χ0) is 11.4. The van der Waals surface area contributed by atoms with Gasteiger partial charge in [0.2, 0.25) is 0 Å². The van der Waals surface area contributed by atoms with Crippen LogP contribution in [-0.2, 0) is 0 Å². The topological polar surface area (TPSA) is 21.3 Å². The van der Waals surface area contributed by atoms with E-state index in [9.17, 15) is 0 Å². The summed E-state index contributed by atoms with van der Waals surface area (Å²) in [5.41, 5.74) is 0. The number of hydrogen-bond acceptors (Lipinski definition) is 2. The number of halogens is 1. The first-order valence-corrected chi connectivity index (χ1v) is 7.02. The second kappa shape index (κ2) is 5.87. The molecule has 0 radical (unpaired) electrons. The number of benzene rings is 1. The van der Waals surface area contributed by atoms with E-state index in [1.54, 1.807) is 0 Å². The van der Waals surface area contributed by atoms with E-state index >= 15 is 0 Å². The number of nitrogens with one attached hydrogen (secondary N) is 1. The lowest BCUT2D eigenvalue weighted by Gasteiger charge is -2.36. The standard InChI is InChI=1S/C13H18INO/c1-2-7-15-10-8-11(9-10)16-13-6-4-3-5-12(13)14/h3-6,10-11,15H,2,7-9H2,1H3. The average molecular weight is 331 g/mol. The van der Waals surface area contributed by atoms with Crippen LogP contribution in [0.1, 0.15) is 26.2 Å². The third-order valence-electron chi connectivity index (χ3n) is 2.91. The van der Waals surface area contributed by atoms with Gasteiger partial charge in [0.05, 0.1) is 3.57 Å². The maximum atomic E-state index is 5.94. The zero-order valence-electron chi connectivity index (χ0n) is 9.58. The molecule has 1 aliphatic rings. The predicted octanol–water partition coefficient (Wildman–Crippen LogP) is 3.20. The summed E-state index contributed by atoms with van der Waals surface area (Å²) in [5, 5.41) is 3.52. The summed E-state index contributed by atoms with van der Waals surface area (Å²) in [6.07, 6.45) is 3.90. The van der Waals surface area contributed by atoms with Crippen LogP contribution in [-0.4, -0.2) is 18.7 Å². The molecule has 1 fully saturated rings. The number of ether oxygens (including phenoxy) is 1. The lowest BCUT2D eigenvalue weighted by Crippen LogP contribution is -2.47. The molecule has 0 spiro atoms. The summed E-state index contributed by atoms with van der Waals surface area (Å²) in [5.74, 6) is 1.03. The van der Waals surface area contributed by atoms with Crippen LogP contribution in [0.5, 0.6) is 5.75 Å². The summed E-state index contributed by atoms with van der Waals surface area (Å²) in [6, 6.07) is 8.88. The normalized spacial score (nSPS) is 23.9. The van der Waals surface area contributed by atoms with Gasteiger partial charge in [-0.3, -0.25) is 0 Å². The molecule has 0 aliphatic heterocycles. The third kappa shape index (κ3) is 3.10. The van der Waals surface area contributed by atoms with Crippen LogP contribution in [0.3, 0.4) is 0 Å². The van der Waals surface area contributed by atoms with Crippen molar-refractivity contribution in [3.05, 3.63) is 27.8 Å². The zero-order valence-corrected chi connectivity index (χ0v) is 11.7. The summed E-state index contributed by atoms with van der Waals surface area (Å²) < 4.78 is 7.14. The van der Waals surface area contributed by atoms with E-state index in [4.69, 9.17) is 4.74 Å². The Morgan fingerprint density at radius 3 is 2.81 bits per heavy atom. The minimum absolute atomic E-state index is 0.408. The Kier molecular flexibility index (Phi) is 4.46. The highest BCUT2D eigenvalue weighted by molar-refractivity contribution is 14.1. The SMILES string of the molecule is CCCNC1CC(Oc2ccccc2I)C1. The summed E-state index contributed by atoms with van der Waals surface area (Å²) in [7, 11) is 0. The Morgan fingerprint density at radius 2 is 2.12 bits per heavy atom. The lowest BCUT2D eigenvalue weighted by atomic mass is 9.89. The van der Waals surface area contributed by atoms with Gasteiger partial charge in [-0.1, -0.05) is 19.1 Å². The second-order valence-electron chi connectivity index (χ2n) is 4.29. The molecule has 1 aromatic carbocycles. The Balaban J connectivity index is 1.75. The van der Waals surface area contributed by atoms with E-state index in [2.05, 4.69) is 47.0 Å². The first-order chi connectivity index (χ1) is 7.79. The Hall–Kier alpha value is -0.290. The Morgan fingerprint density at radius 1 is 1.38 bits per heavy atom. The van der Waals surface area contributed by atoms with Gasteiger partial charge < -0.3 is 10.1 Å². The highest BCUT2D eigenvalue weighted by Gasteiger charge is 2.30. The molecule has 0 aromatic heterocycles. The first-order valence-electron chi connectivity index (χ1n) is 5.94. The van der Waals surface area contributed by atoms with Gasteiger partial charge in [0.25, 0.3) is 0 Å². The number of para-hydroxylation sites is 1. The van der Waals surface area contributed by atoms with Crippen molar-refractivity contribution in [2.75, 3.05) is 6.54 Å². The largest absolute Gasteiger partial charge is 0.489 e. The minimum Gasteiger partial charge on any atom is -0.489 e. The summed E-state index contributed by atoms with van der Waals surface area (Å²) in [4.78, 5) is 0. The Labute approximate surface area is 111 Å². The van der Waals surface area contributed by atoms with Crippen LogP contribution < -0.4 is 10.1 Å². The fraction of sp³-hybridized carbons (Fsp3) is 0.538. The van der Waals surface area contributed by atoms with Crippen molar-refractivity contribution in [1.29, 1.82) is 0 Å².